The highest BCUT2D eigenvalue weighted by molar-refractivity contribution is 6.29. The SMILES string of the molecule is O=C(c1cc(Cl)nc(OCC2CCCOC2)c1)N1C[C@@H]2CN(C(=O)c3ccc4n[nH]nc4c3)C[C@H]2C1. The van der Waals surface area contributed by atoms with Gasteiger partial charge >= 0.3 is 0 Å². The van der Waals surface area contributed by atoms with Crippen molar-refractivity contribution in [3.63, 3.8) is 0 Å². The third-order valence-electron chi connectivity index (χ3n) is 7.36. The molecule has 188 valence electrons. The van der Waals surface area contributed by atoms with Gasteiger partial charge in [-0.3, -0.25) is 9.59 Å². The Bertz CT molecular complexity index is 1280. The van der Waals surface area contributed by atoms with Crippen LogP contribution in [-0.4, -0.2) is 88.0 Å². The fourth-order valence-electron chi connectivity index (χ4n) is 5.48. The molecule has 1 unspecified atom stereocenters. The van der Waals surface area contributed by atoms with Crippen molar-refractivity contribution in [2.45, 2.75) is 12.8 Å². The zero-order valence-corrected chi connectivity index (χ0v) is 20.5. The van der Waals surface area contributed by atoms with E-state index in [1.54, 1.807) is 30.3 Å². The number of likely N-dealkylation sites (tertiary alicyclic amines) is 2. The van der Waals surface area contributed by atoms with E-state index in [0.29, 0.717) is 67.8 Å². The van der Waals surface area contributed by atoms with E-state index in [2.05, 4.69) is 20.4 Å². The summed E-state index contributed by atoms with van der Waals surface area (Å²) in [4.78, 5) is 34.3. The van der Waals surface area contributed by atoms with Crippen LogP contribution in [0, 0.1) is 17.8 Å². The largest absolute Gasteiger partial charge is 0.477 e. The summed E-state index contributed by atoms with van der Waals surface area (Å²) in [5.41, 5.74) is 2.47. The zero-order chi connectivity index (χ0) is 24.6. The molecule has 3 atom stereocenters. The van der Waals surface area contributed by atoms with Gasteiger partial charge in [0.1, 0.15) is 16.2 Å². The summed E-state index contributed by atoms with van der Waals surface area (Å²) in [7, 11) is 0. The topological polar surface area (TPSA) is 114 Å². The third-order valence-corrected chi connectivity index (χ3v) is 7.56. The highest BCUT2D eigenvalue weighted by Crippen LogP contribution is 2.33. The number of rotatable bonds is 5. The quantitative estimate of drug-likeness (QED) is 0.525. The van der Waals surface area contributed by atoms with Gasteiger partial charge in [-0.1, -0.05) is 11.6 Å². The predicted octanol–water partition coefficient (Wildman–Crippen LogP) is 2.66. The summed E-state index contributed by atoms with van der Waals surface area (Å²) < 4.78 is 11.4. The molecular weight excluding hydrogens is 484 g/mol. The number of nitrogens with zero attached hydrogens (tertiary/aromatic N) is 5. The maximum Gasteiger partial charge on any atom is 0.254 e. The van der Waals surface area contributed by atoms with E-state index in [1.165, 1.54) is 0 Å². The molecular formula is C25H27ClN6O4. The molecule has 0 spiro atoms. The van der Waals surface area contributed by atoms with E-state index in [9.17, 15) is 9.59 Å². The monoisotopic (exact) mass is 510 g/mol. The lowest BCUT2D eigenvalue weighted by Crippen LogP contribution is -2.35. The number of H-pyrrole nitrogens is 1. The molecule has 5 heterocycles. The van der Waals surface area contributed by atoms with Gasteiger partial charge < -0.3 is 19.3 Å². The molecule has 36 heavy (non-hydrogen) atoms. The van der Waals surface area contributed by atoms with E-state index in [-0.39, 0.29) is 28.8 Å². The number of aromatic amines is 1. The second kappa shape index (κ2) is 9.67. The number of halogens is 1. The van der Waals surface area contributed by atoms with Crippen LogP contribution in [0.1, 0.15) is 33.6 Å². The van der Waals surface area contributed by atoms with E-state index in [1.807, 2.05) is 9.80 Å². The van der Waals surface area contributed by atoms with Crippen molar-refractivity contribution >= 4 is 34.4 Å². The van der Waals surface area contributed by atoms with Gasteiger partial charge in [0.15, 0.2) is 0 Å². The van der Waals surface area contributed by atoms with Crippen molar-refractivity contribution in [1.29, 1.82) is 0 Å². The molecule has 6 rings (SSSR count). The summed E-state index contributed by atoms with van der Waals surface area (Å²) in [6, 6.07) is 8.60. The lowest BCUT2D eigenvalue weighted by atomic mass is 10.0. The molecule has 3 aliphatic rings. The maximum absolute atomic E-state index is 13.3. The maximum atomic E-state index is 13.3. The van der Waals surface area contributed by atoms with Gasteiger partial charge in [-0.25, -0.2) is 4.98 Å². The summed E-state index contributed by atoms with van der Waals surface area (Å²) >= 11 is 6.22. The standard InChI is InChI=1S/C25H27ClN6O4/c26-22-7-17(8-23(27-22)36-14-15-2-1-5-35-13-15)25(34)32-11-18-9-31(10-19(18)12-32)24(33)16-3-4-20-21(6-16)29-30-28-20/h3-4,6-8,15,18-19H,1-2,5,9-14H2,(H,28,29,30)/t15?,18-,19-/m0/s1. The summed E-state index contributed by atoms with van der Waals surface area (Å²) in [5.74, 6) is 1.06. The average molecular weight is 511 g/mol. The number of aromatic nitrogens is 4. The number of carbonyl (C=O) groups excluding carboxylic acids is 2. The van der Waals surface area contributed by atoms with Crippen LogP contribution in [0.3, 0.4) is 0 Å². The Hall–Kier alpha value is -3.24. The second-order valence-corrected chi connectivity index (χ2v) is 10.3. The molecule has 1 aromatic carbocycles. The molecule has 2 amide bonds. The molecule has 3 aliphatic heterocycles. The molecule has 2 aromatic heterocycles. The Morgan fingerprint density at radius 2 is 1.72 bits per heavy atom. The first-order chi connectivity index (χ1) is 17.5. The number of fused-ring (bicyclic) bond motifs is 2. The van der Waals surface area contributed by atoms with E-state index < -0.39 is 0 Å². The predicted molar refractivity (Wildman–Crippen MR) is 131 cm³/mol. The van der Waals surface area contributed by atoms with Crippen LogP contribution in [0.2, 0.25) is 5.15 Å². The molecule has 11 heteroatoms. The van der Waals surface area contributed by atoms with Crippen LogP contribution in [0.25, 0.3) is 11.0 Å². The minimum absolute atomic E-state index is 0.0155. The Morgan fingerprint density at radius 1 is 1.00 bits per heavy atom. The molecule has 3 saturated heterocycles. The summed E-state index contributed by atoms with van der Waals surface area (Å²) in [6.45, 7) is 4.42. The number of amides is 2. The first kappa shape index (κ1) is 23.2. The van der Waals surface area contributed by atoms with Gasteiger partial charge in [-0.05, 0) is 37.1 Å². The molecule has 0 radical (unpaired) electrons. The van der Waals surface area contributed by atoms with Crippen molar-refractivity contribution in [3.05, 3.63) is 46.6 Å². The van der Waals surface area contributed by atoms with Crippen LogP contribution in [0.5, 0.6) is 5.88 Å². The molecule has 1 N–H and O–H groups in total. The van der Waals surface area contributed by atoms with Crippen molar-refractivity contribution in [2.75, 3.05) is 46.0 Å². The number of carbonyl (C=O) groups is 2. The number of nitrogens with one attached hydrogen (secondary N) is 1. The number of pyridine rings is 1. The normalized spacial score (nSPS) is 23.8. The van der Waals surface area contributed by atoms with Crippen molar-refractivity contribution in [1.82, 2.24) is 30.2 Å². The van der Waals surface area contributed by atoms with Gasteiger partial charge in [0.25, 0.3) is 11.8 Å². The number of ether oxygens (including phenoxy) is 2. The van der Waals surface area contributed by atoms with Gasteiger partial charge in [0.05, 0.1) is 13.2 Å². The van der Waals surface area contributed by atoms with Gasteiger partial charge in [-0.15, -0.1) is 0 Å². The molecule has 0 saturated carbocycles. The molecule has 3 fully saturated rings. The number of hydrogen-bond donors (Lipinski definition) is 1. The second-order valence-electron chi connectivity index (χ2n) is 9.88. The minimum atomic E-state index is -0.0890. The Morgan fingerprint density at radius 3 is 2.44 bits per heavy atom. The van der Waals surface area contributed by atoms with Crippen LogP contribution >= 0.6 is 11.6 Å². The Labute approximate surface area is 212 Å². The van der Waals surface area contributed by atoms with Crippen molar-refractivity contribution < 1.29 is 19.1 Å². The molecule has 0 aliphatic carbocycles. The van der Waals surface area contributed by atoms with E-state index >= 15 is 0 Å². The van der Waals surface area contributed by atoms with Gasteiger partial charge in [0.2, 0.25) is 5.88 Å². The fourth-order valence-corrected chi connectivity index (χ4v) is 5.68. The molecule has 0 bridgehead atoms. The average Bonchev–Trinajstić information content (AvgIpc) is 3.61. The fraction of sp³-hybridized carbons (Fsp3) is 0.480. The van der Waals surface area contributed by atoms with Crippen LogP contribution < -0.4 is 4.74 Å². The highest BCUT2D eigenvalue weighted by Gasteiger charge is 2.43. The number of benzene rings is 1. The van der Waals surface area contributed by atoms with Gasteiger partial charge in [0, 0.05) is 67.7 Å². The van der Waals surface area contributed by atoms with Crippen LogP contribution in [0.4, 0.5) is 0 Å². The van der Waals surface area contributed by atoms with Crippen LogP contribution in [0.15, 0.2) is 30.3 Å². The van der Waals surface area contributed by atoms with Crippen LogP contribution in [-0.2, 0) is 4.74 Å². The summed E-state index contributed by atoms with van der Waals surface area (Å²) in [5, 5.41) is 10.9. The van der Waals surface area contributed by atoms with Gasteiger partial charge in [-0.2, -0.15) is 15.4 Å². The first-order valence-electron chi connectivity index (χ1n) is 12.3. The Kier molecular flexibility index (Phi) is 6.22. The third kappa shape index (κ3) is 4.62. The minimum Gasteiger partial charge on any atom is -0.477 e. The number of hydrogen-bond acceptors (Lipinski definition) is 7. The highest BCUT2D eigenvalue weighted by atomic mass is 35.5. The van der Waals surface area contributed by atoms with E-state index in [0.717, 1.165) is 25.0 Å². The zero-order valence-electron chi connectivity index (χ0n) is 19.7. The smallest absolute Gasteiger partial charge is 0.254 e. The first-order valence-corrected chi connectivity index (χ1v) is 12.7. The van der Waals surface area contributed by atoms with E-state index in [4.69, 9.17) is 21.1 Å². The van der Waals surface area contributed by atoms with Crippen molar-refractivity contribution in [3.8, 4) is 5.88 Å². The van der Waals surface area contributed by atoms with Crippen molar-refractivity contribution in [2.24, 2.45) is 17.8 Å². The lowest BCUT2D eigenvalue weighted by Gasteiger charge is -2.23. The molecule has 3 aromatic rings. The Balaban J connectivity index is 1.07. The summed E-state index contributed by atoms with van der Waals surface area (Å²) in [6.07, 6.45) is 2.08. The lowest BCUT2D eigenvalue weighted by molar-refractivity contribution is 0.0344. The molecule has 10 nitrogen and oxygen atoms in total.